The van der Waals surface area contributed by atoms with Gasteiger partial charge in [-0.15, -0.1) is 0 Å². The van der Waals surface area contributed by atoms with Crippen LogP contribution < -0.4 is 5.32 Å². The van der Waals surface area contributed by atoms with Crippen molar-refractivity contribution in [3.05, 3.63) is 66.0 Å². The summed E-state index contributed by atoms with van der Waals surface area (Å²) in [6, 6.07) is 15.7. The van der Waals surface area contributed by atoms with Crippen molar-refractivity contribution in [2.45, 2.75) is 31.5 Å². The van der Waals surface area contributed by atoms with Gasteiger partial charge in [-0.2, -0.15) is 0 Å². The van der Waals surface area contributed by atoms with E-state index in [-0.39, 0.29) is 5.97 Å². The molecular formula is C20H25N3O2. The van der Waals surface area contributed by atoms with E-state index in [1.807, 2.05) is 48.7 Å². The maximum Gasteiger partial charge on any atom is 0.327 e. The van der Waals surface area contributed by atoms with Gasteiger partial charge in [-0.25, -0.2) is 4.79 Å². The van der Waals surface area contributed by atoms with Gasteiger partial charge >= 0.3 is 5.97 Å². The van der Waals surface area contributed by atoms with E-state index in [1.165, 1.54) is 7.11 Å². The normalized spacial score (nSPS) is 17.2. The van der Waals surface area contributed by atoms with Crippen LogP contribution >= 0.6 is 0 Å². The fourth-order valence-electron chi connectivity index (χ4n) is 3.28. The third-order valence-electron chi connectivity index (χ3n) is 4.67. The molecule has 1 aliphatic heterocycles. The molecule has 2 heterocycles. The monoisotopic (exact) mass is 339 g/mol. The number of nitrogens with zero attached hydrogens (tertiary/aromatic N) is 2. The average Bonchev–Trinajstić information content (AvgIpc) is 2.68. The number of esters is 1. The van der Waals surface area contributed by atoms with Crippen molar-refractivity contribution in [3.8, 4) is 0 Å². The predicted molar refractivity (Wildman–Crippen MR) is 96.9 cm³/mol. The van der Waals surface area contributed by atoms with E-state index >= 15 is 0 Å². The Balaban J connectivity index is 1.55. The summed E-state index contributed by atoms with van der Waals surface area (Å²) < 4.78 is 4.99. The smallest absolute Gasteiger partial charge is 0.327 e. The molecule has 3 rings (SSSR count). The zero-order valence-electron chi connectivity index (χ0n) is 14.6. The van der Waals surface area contributed by atoms with E-state index in [2.05, 4.69) is 21.3 Å². The van der Waals surface area contributed by atoms with Gasteiger partial charge in [-0.1, -0.05) is 36.4 Å². The number of rotatable bonds is 6. The summed E-state index contributed by atoms with van der Waals surface area (Å²) >= 11 is 0. The van der Waals surface area contributed by atoms with E-state index in [4.69, 9.17) is 4.74 Å². The summed E-state index contributed by atoms with van der Waals surface area (Å²) in [5.41, 5.74) is 2.05. The lowest BCUT2D eigenvalue weighted by atomic mass is 10.0. The van der Waals surface area contributed by atoms with Crippen LogP contribution in [0.25, 0.3) is 0 Å². The molecule has 0 bridgehead atoms. The molecule has 0 amide bonds. The van der Waals surface area contributed by atoms with Crippen LogP contribution in [0.5, 0.6) is 0 Å². The molecule has 1 atom stereocenters. The molecular weight excluding hydrogens is 314 g/mol. The summed E-state index contributed by atoms with van der Waals surface area (Å²) in [6.07, 6.45) is 3.85. The van der Waals surface area contributed by atoms with Gasteiger partial charge in [0.1, 0.15) is 6.04 Å². The fraction of sp³-hybridized carbons (Fsp3) is 0.400. The topological polar surface area (TPSA) is 54.5 Å². The van der Waals surface area contributed by atoms with Gasteiger partial charge < -0.3 is 4.74 Å². The number of carbonyl (C=O) groups is 1. The predicted octanol–water partition coefficient (Wildman–Crippen LogP) is 2.55. The molecule has 0 spiro atoms. The van der Waals surface area contributed by atoms with Gasteiger partial charge in [0, 0.05) is 31.9 Å². The third-order valence-corrected chi connectivity index (χ3v) is 4.67. The van der Waals surface area contributed by atoms with Gasteiger partial charge in [0.15, 0.2) is 0 Å². The molecule has 2 aromatic rings. The van der Waals surface area contributed by atoms with E-state index in [1.54, 1.807) is 0 Å². The Bertz CT molecular complexity index is 655. The molecule has 5 nitrogen and oxygen atoms in total. The largest absolute Gasteiger partial charge is 0.468 e. The standard InChI is InChI=1S/C20H25N3O2/c1-25-20(24)19(16-7-3-2-4-8-16)22-17-10-13-23(14-11-17)15-18-9-5-6-12-21-18/h2-9,12,17,19,22H,10-11,13-15H2,1H3/t19-/m1/s1. The minimum absolute atomic E-state index is 0.234. The van der Waals surface area contributed by atoms with Crippen molar-refractivity contribution in [1.29, 1.82) is 0 Å². The number of hydrogen-bond acceptors (Lipinski definition) is 5. The maximum absolute atomic E-state index is 12.2. The minimum atomic E-state index is -0.404. The highest BCUT2D eigenvalue weighted by Gasteiger charge is 2.27. The van der Waals surface area contributed by atoms with Crippen LogP contribution in [-0.2, 0) is 16.1 Å². The van der Waals surface area contributed by atoms with Crippen LogP contribution in [0.1, 0.15) is 30.1 Å². The molecule has 0 radical (unpaired) electrons. The molecule has 0 aliphatic carbocycles. The van der Waals surface area contributed by atoms with Gasteiger partial charge in [0.25, 0.3) is 0 Å². The minimum Gasteiger partial charge on any atom is -0.468 e. The molecule has 25 heavy (non-hydrogen) atoms. The van der Waals surface area contributed by atoms with Gasteiger partial charge in [0.2, 0.25) is 0 Å². The summed E-state index contributed by atoms with van der Waals surface area (Å²) in [5, 5.41) is 3.49. The first-order valence-electron chi connectivity index (χ1n) is 8.77. The average molecular weight is 339 g/mol. The van der Waals surface area contributed by atoms with Crippen molar-refractivity contribution in [1.82, 2.24) is 15.2 Å². The number of benzene rings is 1. The quantitative estimate of drug-likeness (QED) is 0.820. The van der Waals surface area contributed by atoms with Crippen LogP contribution in [0.15, 0.2) is 54.7 Å². The molecule has 1 aromatic carbocycles. The number of pyridine rings is 1. The lowest BCUT2D eigenvalue weighted by Crippen LogP contribution is -2.45. The number of hydrogen-bond donors (Lipinski definition) is 1. The van der Waals surface area contributed by atoms with E-state index in [0.717, 1.165) is 43.7 Å². The summed E-state index contributed by atoms with van der Waals surface area (Å²) in [6.45, 7) is 2.88. The molecule has 1 aromatic heterocycles. The Morgan fingerprint density at radius 1 is 1.20 bits per heavy atom. The van der Waals surface area contributed by atoms with Crippen molar-refractivity contribution in [2.24, 2.45) is 0 Å². The molecule has 0 unspecified atom stereocenters. The highest BCUT2D eigenvalue weighted by atomic mass is 16.5. The highest BCUT2D eigenvalue weighted by molar-refractivity contribution is 5.77. The summed E-state index contributed by atoms with van der Waals surface area (Å²) in [5.74, 6) is -0.234. The lowest BCUT2D eigenvalue weighted by Gasteiger charge is -2.34. The first-order valence-corrected chi connectivity index (χ1v) is 8.77. The number of methoxy groups -OCH3 is 1. The molecule has 1 N–H and O–H groups in total. The molecule has 1 aliphatic rings. The van der Waals surface area contributed by atoms with Crippen molar-refractivity contribution < 1.29 is 9.53 Å². The summed E-state index contributed by atoms with van der Waals surface area (Å²) in [4.78, 5) is 19.0. The lowest BCUT2D eigenvalue weighted by molar-refractivity contribution is -0.143. The highest BCUT2D eigenvalue weighted by Crippen LogP contribution is 2.19. The van der Waals surface area contributed by atoms with Crippen LogP contribution in [0.3, 0.4) is 0 Å². The Hall–Kier alpha value is -2.24. The molecule has 1 saturated heterocycles. The third kappa shape index (κ3) is 4.87. The number of aromatic nitrogens is 1. The van der Waals surface area contributed by atoms with E-state index in [0.29, 0.717) is 6.04 Å². The molecule has 1 fully saturated rings. The SMILES string of the molecule is COC(=O)[C@H](NC1CCN(Cc2ccccn2)CC1)c1ccccc1. The van der Waals surface area contributed by atoms with Crippen LogP contribution in [-0.4, -0.2) is 42.1 Å². The van der Waals surface area contributed by atoms with Gasteiger partial charge in [-0.3, -0.25) is 15.2 Å². The number of piperidine rings is 1. The van der Waals surface area contributed by atoms with Gasteiger partial charge in [-0.05, 0) is 30.5 Å². The van der Waals surface area contributed by atoms with Crippen molar-refractivity contribution >= 4 is 5.97 Å². The zero-order valence-corrected chi connectivity index (χ0v) is 14.6. The first-order chi connectivity index (χ1) is 12.3. The van der Waals surface area contributed by atoms with Crippen LogP contribution in [0, 0.1) is 0 Å². The molecule has 132 valence electrons. The Kier molecular flexibility index (Phi) is 6.14. The zero-order chi connectivity index (χ0) is 17.5. The van der Waals surface area contributed by atoms with E-state index in [9.17, 15) is 4.79 Å². The molecule has 5 heteroatoms. The Morgan fingerprint density at radius 2 is 1.92 bits per heavy atom. The number of likely N-dealkylation sites (tertiary alicyclic amines) is 1. The first kappa shape index (κ1) is 17.6. The van der Waals surface area contributed by atoms with Crippen molar-refractivity contribution in [2.75, 3.05) is 20.2 Å². The fourth-order valence-corrected chi connectivity index (χ4v) is 3.28. The van der Waals surface area contributed by atoms with Crippen LogP contribution in [0.4, 0.5) is 0 Å². The molecule has 0 saturated carbocycles. The summed E-state index contributed by atoms with van der Waals surface area (Å²) in [7, 11) is 1.44. The van der Waals surface area contributed by atoms with Crippen LogP contribution in [0.2, 0.25) is 0 Å². The Morgan fingerprint density at radius 3 is 2.56 bits per heavy atom. The maximum atomic E-state index is 12.2. The number of ether oxygens (including phenoxy) is 1. The number of carbonyl (C=O) groups excluding carboxylic acids is 1. The second-order valence-electron chi connectivity index (χ2n) is 6.41. The second kappa shape index (κ2) is 8.74. The van der Waals surface area contributed by atoms with Crippen molar-refractivity contribution in [3.63, 3.8) is 0 Å². The van der Waals surface area contributed by atoms with E-state index < -0.39 is 6.04 Å². The number of nitrogens with one attached hydrogen (secondary N) is 1. The second-order valence-corrected chi connectivity index (χ2v) is 6.41. The Labute approximate surface area is 149 Å². The van der Waals surface area contributed by atoms with Gasteiger partial charge in [0.05, 0.1) is 12.8 Å².